The van der Waals surface area contributed by atoms with Gasteiger partial charge in [0.15, 0.2) is 0 Å². The summed E-state index contributed by atoms with van der Waals surface area (Å²) >= 11 is 1.14. The number of aromatic nitrogens is 2. The van der Waals surface area contributed by atoms with Crippen molar-refractivity contribution in [1.82, 2.24) is 19.3 Å². The third kappa shape index (κ3) is 4.23. The van der Waals surface area contributed by atoms with Crippen LogP contribution in [0.15, 0.2) is 20.2 Å². The van der Waals surface area contributed by atoms with Crippen LogP contribution in [0.25, 0.3) is 11.4 Å². The lowest BCUT2D eigenvalue weighted by molar-refractivity contribution is -0.140. The van der Waals surface area contributed by atoms with Gasteiger partial charge in [0.05, 0.1) is 19.1 Å². The summed E-state index contributed by atoms with van der Waals surface area (Å²) in [4.78, 5) is 18.8. The zero-order chi connectivity index (χ0) is 20.4. The Hall–Kier alpha value is -1.82. The van der Waals surface area contributed by atoms with Crippen LogP contribution in [0.2, 0.25) is 0 Å². The van der Waals surface area contributed by atoms with E-state index in [0.29, 0.717) is 69.4 Å². The fourth-order valence-corrected chi connectivity index (χ4v) is 6.45. The lowest BCUT2D eigenvalue weighted by atomic mass is 9.98. The van der Waals surface area contributed by atoms with Crippen molar-refractivity contribution < 1.29 is 22.5 Å². The summed E-state index contributed by atoms with van der Waals surface area (Å²) in [5, 5.41) is 5.62. The minimum absolute atomic E-state index is 0.0268. The standard InChI is InChI=1S/C18H24N4O5S2/c1-2-15-19-17(20-27-15)14-10-16(28-12-14)29(24,25)22-5-3-4-13(11-22)18(23)21-6-8-26-9-7-21/h10,12-13H,2-9,11H2,1H3/t13-/m0/s1. The van der Waals surface area contributed by atoms with E-state index in [4.69, 9.17) is 9.26 Å². The molecule has 1 atom stereocenters. The smallest absolute Gasteiger partial charge is 0.252 e. The molecule has 2 fully saturated rings. The molecule has 0 spiro atoms. The Morgan fingerprint density at radius 1 is 1.31 bits per heavy atom. The van der Waals surface area contributed by atoms with Crippen LogP contribution in [0.4, 0.5) is 0 Å². The molecule has 29 heavy (non-hydrogen) atoms. The van der Waals surface area contributed by atoms with Crippen LogP contribution in [-0.2, 0) is 26.0 Å². The number of rotatable bonds is 5. The molecule has 0 unspecified atom stereocenters. The minimum Gasteiger partial charge on any atom is -0.378 e. The average molecular weight is 441 g/mol. The van der Waals surface area contributed by atoms with Gasteiger partial charge in [-0.2, -0.15) is 9.29 Å². The summed E-state index contributed by atoms with van der Waals surface area (Å²) in [6, 6.07) is 1.58. The van der Waals surface area contributed by atoms with E-state index in [2.05, 4.69) is 10.1 Å². The molecule has 4 rings (SSSR count). The summed E-state index contributed by atoms with van der Waals surface area (Å²) in [7, 11) is -3.67. The van der Waals surface area contributed by atoms with Gasteiger partial charge >= 0.3 is 0 Å². The number of sulfonamides is 1. The summed E-state index contributed by atoms with van der Waals surface area (Å²) < 4.78 is 38.4. The molecule has 0 radical (unpaired) electrons. The van der Waals surface area contributed by atoms with Crippen molar-refractivity contribution in [2.45, 2.75) is 30.4 Å². The van der Waals surface area contributed by atoms with Gasteiger partial charge in [-0.15, -0.1) is 11.3 Å². The first-order valence-electron chi connectivity index (χ1n) is 9.77. The van der Waals surface area contributed by atoms with Crippen molar-refractivity contribution in [3.63, 3.8) is 0 Å². The molecule has 2 aliphatic rings. The summed E-state index contributed by atoms with van der Waals surface area (Å²) in [6.07, 6.45) is 2.00. The minimum atomic E-state index is -3.67. The lowest BCUT2D eigenvalue weighted by Crippen LogP contribution is -2.49. The fourth-order valence-electron chi connectivity index (χ4n) is 3.62. The highest BCUT2D eigenvalue weighted by Crippen LogP contribution is 2.31. The quantitative estimate of drug-likeness (QED) is 0.695. The first-order chi connectivity index (χ1) is 14.0. The predicted molar refractivity (Wildman–Crippen MR) is 106 cm³/mol. The Morgan fingerprint density at radius 2 is 2.10 bits per heavy atom. The maximum atomic E-state index is 13.2. The number of carbonyl (C=O) groups excluding carboxylic acids is 1. The molecule has 0 saturated carbocycles. The van der Waals surface area contributed by atoms with E-state index in [-0.39, 0.29) is 22.6 Å². The number of nitrogens with zero attached hydrogens (tertiary/aromatic N) is 4. The van der Waals surface area contributed by atoms with E-state index in [0.717, 1.165) is 11.3 Å². The maximum absolute atomic E-state index is 13.2. The molecular formula is C18H24N4O5S2. The van der Waals surface area contributed by atoms with E-state index < -0.39 is 10.0 Å². The summed E-state index contributed by atoms with van der Waals surface area (Å²) in [5.41, 5.74) is 0.620. The van der Waals surface area contributed by atoms with Crippen molar-refractivity contribution in [1.29, 1.82) is 0 Å². The Morgan fingerprint density at radius 3 is 2.83 bits per heavy atom. The topological polar surface area (TPSA) is 106 Å². The number of carbonyl (C=O) groups is 1. The van der Waals surface area contributed by atoms with Crippen molar-refractivity contribution in [3.8, 4) is 11.4 Å². The van der Waals surface area contributed by atoms with Crippen LogP contribution in [0, 0.1) is 5.92 Å². The highest BCUT2D eigenvalue weighted by atomic mass is 32.2. The SMILES string of the molecule is CCc1nc(-c2csc(S(=O)(=O)N3CCC[C@H](C(=O)N4CCOCC4)C3)c2)no1. The number of ether oxygens (including phenoxy) is 1. The molecule has 0 N–H and O–H groups in total. The molecule has 9 nitrogen and oxygen atoms in total. The molecule has 0 aromatic carbocycles. The van der Waals surface area contributed by atoms with Gasteiger partial charge in [0.1, 0.15) is 4.21 Å². The monoisotopic (exact) mass is 440 g/mol. The first-order valence-corrected chi connectivity index (χ1v) is 12.1. The lowest BCUT2D eigenvalue weighted by Gasteiger charge is -2.35. The zero-order valence-electron chi connectivity index (χ0n) is 16.2. The van der Waals surface area contributed by atoms with Crippen LogP contribution < -0.4 is 0 Å². The Kier molecular flexibility index (Phi) is 6.00. The van der Waals surface area contributed by atoms with Crippen molar-refractivity contribution >= 4 is 27.3 Å². The highest BCUT2D eigenvalue weighted by molar-refractivity contribution is 7.91. The first kappa shape index (κ1) is 20.5. The molecule has 2 aliphatic heterocycles. The van der Waals surface area contributed by atoms with Gasteiger partial charge in [-0.3, -0.25) is 4.79 Å². The van der Waals surface area contributed by atoms with E-state index in [1.807, 2.05) is 6.92 Å². The van der Waals surface area contributed by atoms with Crippen LogP contribution in [0.3, 0.4) is 0 Å². The molecule has 2 aromatic heterocycles. The second kappa shape index (κ2) is 8.50. The third-order valence-electron chi connectivity index (χ3n) is 5.25. The van der Waals surface area contributed by atoms with Crippen molar-refractivity contribution in [2.24, 2.45) is 5.92 Å². The average Bonchev–Trinajstić information content (AvgIpc) is 3.43. The number of morpholine rings is 1. The number of aryl methyl sites for hydroxylation is 1. The normalized spacial score (nSPS) is 21.4. The van der Waals surface area contributed by atoms with Crippen LogP contribution in [0.1, 0.15) is 25.7 Å². The molecular weight excluding hydrogens is 416 g/mol. The van der Waals surface area contributed by atoms with Gasteiger partial charge in [-0.1, -0.05) is 12.1 Å². The molecule has 2 aromatic rings. The molecule has 11 heteroatoms. The largest absolute Gasteiger partial charge is 0.378 e. The van der Waals surface area contributed by atoms with E-state index in [9.17, 15) is 13.2 Å². The van der Waals surface area contributed by atoms with Crippen molar-refractivity contribution in [2.75, 3.05) is 39.4 Å². The Labute approximate surface area is 173 Å². The van der Waals surface area contributed by atoms with Gasteiger partial charge < -0.3 is 14.2 Å². The zero-order valence-corrected chi connectivity index (χ0v) is 17.9. The van der Waals surface area contributed by atoms with E-state index in [1.165, 1.54) is 4.31 Å². The molecule has 4 heterocycles. The Bertz CT molecular complexity index is 965. The van der Waals surface area contributed by atoms with Gasteiger partial charge in [-0.05, 0) is 18.9 Å². The summed E-state index contributed by atoms with van der Waals surface area (Å²) in [6.45, 7) is 4.76. The number of hydrogen-bond donors (Lipinski definition) is 0. The van der Waals surface area contributed by atoms with Crippen LogP contribution in [0.5, 0.6) is 0 Å². The molecule has 2 saturated heterocycles. The number of piperidine rings is 1. The molecule has 1 amide bonds. The van der Waals surface area contributed by atoms with E-state index in [1.54, 1.807) is 16.3 Å². The molecule has 0 bridgehead atoms. The highest BCUT2D eigenvalue weighted by Gasteiger charge is 2.36. The van der Waals surface area contributed by atoms with Crippen molar-refractivity contribution in [3.05, 3.63) is 17.3 Å². The number of hydrogen-bond acceptors (Lipinski definition) is 8. The maximum Gasteiger partial charge on any atom is 0.252 e. The van der Waals surface area contributed by atoms with Gasteiger partial charge in [0.25, 0.3) is 10.0 Å². The second-order valence-corrected chi connectivity index (χ2v) is 10.2. The number of thiophene rings is 1. The third-order valence-corrected chi connectivity index (χ3v) is 8.53. The van der Waals surface area contributed by atoms with Crippen LogP contribution in [-0.4, -0.2) is 73.1 Å². The molecule has 158 valence electrons. The Balaban J connectivity index is 1.48. The van der Waals surface area contributed by atoms with Gasteiger partial charge in [0.2, 0.25) is 17.6 Å². The molecule has 0 aliphatic carbocycles. The predicted octanol–water partition coefficient (Wildman–Crippen LogP) is 1.62. The van der Waals surface area contributed by atoms with Gasteiger partial charge in [-0.25, -0.2) is 8.42 Å². The summed E-state index contributed by atoms with van der Waals surface area (Å²) in [5.74, 6) is 0.619. The van der Waals surface area contributed by atoms with Gasteiger partial charge in [0, 0.05) is 43.5 Å². The number of amides is 1. The fraction of sp³-hybridized carbons (Fsp3) is 0.611. The second-order valence-electron chi connectivity index (χ2n) is 7.16. The van der Waals surface area contributed by atoms with Crippen LogP contribution >= 0.6 is 11.3 Å². The van der Waals surface area contributed by atoms with E-state index >= 15 is 0 Å².